The van der Waals surface area contributed by atoms with Crippen LogP contribution in [0.25, 0.3) is 0 Å². The number of rotatable bonds is 9. The summed E-state index contributed by atoms with van der Waals surface area (Å²) in [6.07, 6.45) is 1.66. The number of thioether (sulfide) groups is 1. The largest absolute Gasteiger partial charge is 0.321 e. The molecule has 0 saturated carbocycles. The Morgan fingerprint density at radius 1 is 0.812 bits per heavy atom. The van der Waals surface area contributed by atoms with Crippen LogP contribution in [-0.2, 0) is 25.1 Å². The SMILES string of the molecule is Cc1cc(C)cc(CSc2nnc([C@@H](N)Cc3ccccc3)n2CCc2ccccc2)c1. The van der Waals surface area contributed by atoms with Crippen molar-refractivity contribution >= 4 is 11.8 Å². The van der Waals surface area contributed by atoms with Crippen LogP contribution in [0.15, 0.2) is 84.0 Å². The molecule has 3 aromatic carbocycles. The van der Waals surface area contributed by atoms with Gasteiger partial charge in [-0.05, 0) is 43.4 Å². The van der Waals surface area contributed by atoms with E-state index in [1.807, 2.05) is 18.2 Å². The van der Waals surface area contributed by atoms with E-state index in [-0.39, 0.29) is 6.04 Å². The van der Waals surface area contributed by atoms with Crippen molar-refractivity contribution in [2.45, 2.75) is 50.2 Å². The van der Waals surface area contributed by atoms with Gasteiger partial charge in [-0.15, -0.1) is 10.2 Å². The Morgan fingerprint density at radius 2 is 1.44 bits per heavy atom. The molecule has 0 bridgehead atoms. The number of nitrogens with two attached hydrogens (primary N) is 1. The van der Waals surface area contributed by atoms with Gasteiger partial charge in [0, 0.05) is 12.3 Å². The van der Waals surface area contributed by atoms with Gasteiger partial charge in [-0.2, -0.15) is 0 Å². The smallest absolute Gasteiger partial charge is 0.191 e. The third-order valence-corrected chi connectivity index (χ3v) is 6.53. The lowest BCUT2D eigenvalue weighted by atomic mass is 10.1. The maximum Gasteiger partial charge on any atom is 0.191 e. The second-order valence-corrected chi connectivity index (χ2v) is 9.25. The molecule has 0 aliphatic carbocycles. The van der Waals surface area contributed by atoms with Gasteiger partial charge in [0.2, 0.25) is 0 Å². The molecule has 0 amide bonds. The first kappa shape index (κ1) is 22.3. The molecule has 2 N–H and O–H groups in total. The molecule has 1 atom stereocenters. The molecule has 32 heavy (non-hydrogen) atoms. The molecule has 0 fully saturated rings. The molecule has 4 aromatic rings. The number of benzene rings is 3. The van der Waals surface area contributed by atoms with E-state index in [0.29, 0.717) is 0 Å². The highest BCUT2D eigenvalue weighted by molar-refractivity contribution is 7.98. The minimum absolute atomic E-state index is 0.198. The third-order valence-electron chi connectivity index (χ3n) is 5.49. The summed E-state index contributed by atoms with van der Waals surface area (Å²) in [6.45, 7) is 5.10. The van der Waals surface area contributed by atoms with E-state index in [4.69, 9.17) is 5.73 Å². The lowest BCUT2D eigenvalue weighted by Gasteiger charge is -2.15. The molecule has 1 heterocycles. The second-order valence-electron chi connectivity index (χ2n) is 8.31. The minimum Gasteiger partial charge on any atom is -0.321 e. The van der Waals surface area contributed by atoms with E-state index in [9.17, 15) is 0 Å². The van der Waals surface area contributed by atoms with E-state index >= 15 is 0 Å². The van der Waals surface area contributed by atoms with Crippen LogP contribution in [0.2, 0.25) is 0 Å². The molecule has 0 aliphatic heterocycles. The van der Waals surface area contributed by atoms with Crippen LogP contribution < -0.4 is 5.73 Å². The van der Waals surface area contributed by atoms with E-state index in [1.165, 1.54) is 27.8 Å². The van der Waals surface area contributed by atoms with Crippen molar-refractivity contribution < 1.29 is 0 Å². The molecule has 1 aromatic heterocycles. The Kier molecular flexibility index (Phi) is 7.40. The Hall–Kier alpha value is -2.89. The number of hydrogen-bond donors (Lipinski definition) is 1. The summed E-state index contributed by atoms with van der Waals surface area (Å²) in [7, 11) is 0. The summed E-state index contributed by atoms with van der Waals surface area (Å²) in [5.74, 6) is 1.72. The van der Waals surface area contributed by atoms with Gasteiger partial charge in [-0.3, -0.25) is 0 Å². The first-order valence-electron chi connectivity index (χ1n) is 11.0. The minimum atomic E-state index is -0.198. The van der Waals surface area contributed by atoms with Crippen molar-refractivity contribution in [2.24, 2.45) is 5.73 Å². The van der Waals surface area contributed by atoms with Crippen molar-refractivity contribution in [1.29, 1.82) is 0 Å². The van der Waals surface area contributed by atoms with Gasteiger partial charge < -0.3 is 10.3 Å². The summed E-state index contributed by atoms with van der Waals surface area (Å²) < 4.78 is 2.22. The Labute approximate surface area is 194 Å². The zero-order chi connectivity index (χ0) is 22.3. The molecule has 0 spiro atoms. The van der Waals surface area contributed by atoms with Crippen molar-refractivity contribution in [3.05, 3.63) is 113 Å². The summed E-state index contributed by atoms with van der Waals surface area (Å²) in [5.41, 5.74) is 13.0. The van der Waals surface area contributed by atoms with Gasteiger partial charge in [0.1, 0.15) is 0 Å². The van der Waals surface area contributed by atoms with Crippen molar-refractivity contribution in [3.63, 3.8) is 0 Å². The molecule has 5 heteroatoms. The van der Waals surface area contributed by atoms with Gasteiger partial charge in [0.05, 0.1) is 6.04 Å². The van der Waals surface area contributed by atoms with Crippen LogP contribution in [0.5, 0.6) is 0 Å². The molecule has 0 aliphatic rings. The van der Waals surface area contributed by atoms with Crippen LogP contribution in [0, 0.1) is 13.8 Å². The van der Waals surface area contributed by atoms with Crippen molar-refractivity contribution in [1.82, 2.24) is 14.8 Å². The predicted molar refractivity (Wildman–Crippen MR) is 133 cm³/mol. The van der Waals surface area contributed by atoms with Crippen LogP contribution in [-0.4, -0.2) is 14.8 Å². The summed E-state index contributed by atoms with van der Waals surface area (Å²) in [4.78, 5) is 0. The summed E-state index contributed by atoms with van der Waals surface area (Å²) in [5, 5.41) is 10.0. The topological polar surface area (TPSA) is 56.7 Å². The molecule has 4 rings (SSSR count). The standard InChI is InChI=1S/C27H30N4S/c1-20-15-21(2)17-24(16-20)19-32-27-30-29-26(25(28)18-23-11-7-4-8-12-23)31(27)14-13-22-9-5-3-6-10-22/h3-12,15-17,25H,13-14,18-19,28H2,1-2H3/t25-/m0/s1. The Morgan fingerprint density at radius 3 is 2.09 bits per heavy atom. The van der Waals surface area contributed by atoms with Crippen molar-refractivity contribution in [2.75, 3.05) is 0 Å². The van der Waals surface area contributed by atoms with Crippen LogP contribution >= 0.6 is 11.8 Å². The van der Waals surface area contributed by atoms with Crippen LogP contribution in [0.3, 0.4) is 0 Å². The first-order valence-corrected chi connectivity index (χ1v) is 12.0. The summed E-state index contributed by atoms with van der Waals surface area (Å²) >= 11 is 1.73. The first-order chi connectivity index (χ1) is 15.6. The third kappa shape index (κ3) is 5.87. The highest BCUT2D eigenvalue weighted by Crippen LogP contribution is 2.26. The lowest BCUT2D eigenvalue weighted by molar-refractivity contribution is 0.554. The van der Waals surface area contributed by atoms with Gasteiger partial charge in [-0.1, -0.05) is 102 Å². The molecule has 0 unspecified atom stereocenters. The highest BCUT2D eigenvalue weighted by atomic mass is 32.2. The van der Waals surface area contributed by atoms with E-state index in [1.54, 1.807) is 11.8 Å². The second kappa shape index (κ2) is 10.6. The quantitative estimate of drug-likeness (QED) is 0.339. The van der Waals surface area contributed by atoms with Crippen molar-refractivity contribution in [3.8, 4) is 0 Å². The number of aryl methyl sites for hydroxylation is 3. The lowest BCUT2D eigenvalue weighted by Crippen LogP contribution is -2.20. The van der Waals surface area contributed by atoms with E-state index in [2.05, 4.69) is 89.3 Å². The normalized spacial score (nSPS) is 12.1. The number of hydrogen-bond acceptors (Lipinski definition) is 4. The van der Waals surface area contributed by atoms with Crippen LogP contribution in [0.1, 0.15) is 39.7 Å². The maximum absolute atomic E-state index is 6.62. The Bertz CT molecular complexity index is 1120. The molecular formula is C27H30N4S. The summed E-state index contributed by atoms with van der Waals surface area (Å²) in [6, 6.07) is 27.4. The highest BCUT2D eigenvalue weighted by Gasteiger charge is 2.19. The maximum atomic E-state index is 6.62. The molecule has 0 radical (unpaired) electrons. The number of nitrogens with zero attached hydrogens (tertiary/aromatic N) is 3. The predicted octanol–water partition coefficient (Wildman–Crippen LogP) is 5.67. The van der Waals surface area contributed by atoms with Gasteiger partial charge >= 0.3 is 0 Å². The van der Waals surface area contributed by atoms with Gasteiger partial charge in [0.25, 0.3) is 0 Å². The fourth-order valence-corrected chi connectivity index (χ4v) is 4.94. The molecule has 164 valence electrons. The van der Waals surface area contributed by atoms with E-state index < -0.39 is 0 Å². The average molecular weight is 443 g/mol. The fourth-order valence-electron chi connectivity index (χ4n) is 4.04. The number of aromatic nitrogens is 3. The fraction of sp³-hybridized carbons (Fsp3) is 0.259. The Balaban J connectivity index is 1.55. The van der Waals surface area contributed by atoms with Crippen LogP contribution in [0.4, 0.5) is 0 Å². The van der Waals surface area contributed by atoms with Gasteiger partial charge in [-0.25, -0.2) is 0 Å². The molecule has 0 saturated heterocycles. The monoisotopic (exact) mass is 442 g/mol. The molecule has 4 nitrogen and oxygen atoms in total. The average Bonchev–Trinajstić information content (AvgIpc) is 3.20. The molecular weight excluding hydrogens is 412 g/mol. The zero-order valence-electron chi connectivity index (χ0n) is 18.7. The van der Waals surface area contributed by atoms with Gasteiger partial charge in [0.15, 0.2) is 11.0 Å². The zero-order valence-corrected chi connectivity index (χ0v) is 19.6. The van der Waals surface area contributed by atoms with E-state index in [0.717, 1.165) is 36.1 Å².